The van der Waals surface area contributed by atoms with Crippen molar-refractivity contribution >= 4 is 18.3 Å². The maximum absolute atomic E-state index is 12.1. The quantitative estimate of drug-likeness (QED) is 0.807. The van der Waals surface area contributed by atoms with Gasteiger partial charge in [0.05, 0.1) is 17.7 Å². The van der Waals surface area contributed by atoms with E-state index in [0.717, 1.165) is 54.3 Å². The lowest BCUT2D eigenvalue weighted by molar-refractivity contribution is -0.121. The summed E-state index contributed by atoms with van der Waals surface area (Å²) in [5.74, 6) is 1.61. The molecule has 1 saturated heterocycles. The van der Waals surface area contributed by atoms with E-state index in [2.05, 4.69) is 15.8 Å². The van der Waals surface area contributed by atoms with Crippen LogP contribution in [0.1, 0.15) is 35.4 Å². The van der Waals surface area contributed by atoms with Gasteiger partial charge in [0, 0.05) is 12.6 Å². The average molecular weight is 380 g/mol. The Morgan fingerprint density at radius 2 is 2.12 bits per heavy atom. The molecule has 1 aromatic carbocycles. The topological polar surface area (TPSA) is 76.4 Å². The molecule has 1 aliphatic rings. The van der Waals surface area contributed by atoms with E-state index < -0.39 is 0 Å². The van der Waals surface area contributed by atoms with Crippen molar-refractivity contribution in [1.82, 2.24) is 15.8 Å². The lowest BCUT2D eigenvalue weighted by Crippen LogP contribution is -2.46. The van der Waals surface area contributed by atoms with E-state index in [1.54, 1.807) is 0 Å². The fraction of sp³-hybridized carbons (Fsp3) is 0.474. The number of aromatic nitrogens is 1. The predicted octanol–water partition coefficient (Wildman–Crippen LogP) is 2.70. The third kappa shape index (κ3) is 5.47. The maximum atomic E-state index is 12.1. The Morgan fingerprint density at radius 1 is 1.35 bits per heavy atom. The van der Waals surface area contributed by atoms with Crippen LogP contribution in [-0.4, -0.2) is 30.2 Å². The molecule has 1 aromatic heterocycles. The van der Waals surface area contributed by atoms with E-state index in [-0.39, 0.29) is 24.4 Å². The standard InChI is InChI=1S/C19H25N3O3.ClH/c1-13-18(14(2)25-22-13)12-24-17-7-5-15(6-8-17)10-19(23)21-16-4-3-9-20-11-16;/h5-8,16,20H,3-4,9-12H2,1-2H3,(H,21,23);1H/t16-;/m0./s1. The first kappa shape index (κ1) is 20.3. The van der Waals surface area contributed by atoms with Gasteiger partial charge in [-0.05, 0) is 50.9 Å². The van der Waals surface area contributed by atoms with E-state index in [0.29, 0.717) is 13.0 Å². The highest BCUT2D eigenvalue weighted by molar-refractivity contribution is 5.85. The summed E-state index contributed by atoms with van der Waals surface area (Å²) in [5.41, 5.74) is 2.80. The summed E-state index contributed by atoms with van der Waals surface area (Å²) in [6.07, 6.45) is 2.55. The van der Waals surface area contributed by atoms with Gasteiger partial charge < -0.3 is 19.9 Å². The summed E-state index contributed by atoms with van der Waals surface area (Å²) in [4.78, 5) is 12.1. The van der Waals surface area contributed by atoms with Crippen LogP contribution in [0.2, 0.25) is 0 Å². The molecule has 3 rings (SSSR count). The Balaban J connectivity index is 0.00000243. The van der Waals surface area contributed by atoms with Crippen molar-refractivity contribution in [3.05, 3.63) is 46.8 Å². The van der Waals surface area contributed by atoms with Crippen molar-refractivity contribution in [2.75, 3.05) is 13.1 Å². The third-order valence-corrected chi connectivity index (χ3v) is 4.51. The summed E-state index contributed by atoms with van der Waals surface area (Å²) in [6.45, 7) is 6.11. The van der Waals surface area contributed by atoms with Gasteiger partial charge in [0.2, 0.25) is 5.91 Å². The second-order valence-electron chi connectivity index (χ2n) is 6.52. The summed E-state index contributed by atoms with van der Waals surface area (Å²) in [6, 6.07) is 7.90. The van der Waals surface area contributed by atoms with Crippen molar-refractivity contribution in [2.45, 2.75) is 45.8 Å². The fourth-order valence-corrected chi connectivity index (χ4v) is 3.01. The number of nitrogens with zero attached hydrogens (tertiary/aromatic N) is 1. The number of amides is 1. The first-order chi connectivity index (χ1) is 12.1. The van der Waals surface area contributed by atoms with Crippen LogP contribution in [0.25, 0.3) is 0 Å². The molecule has 2 heterocycles. The van der Waals surface area contributed by atoms with Gasteiger partial charge in [0.1, 0.15) is 18.1 Å². The molecule has 6 nitrogen and oxygen atoms in total. The molecule has 1 amide bonds. The number of halogens is 1. The molecule has 142 valence electrons. The molecule has 0 saturated carbocycles. The van der Waals surface area contributed by atoms with Crippen molar-refractivity contribution in [1.29, 1.82) is 0 Å². The number of nitrogens with one attached hydrogen (secondary N) is 2. The minimum atomic E-state index is 0. The summed E-state index contributed by atoms with van der Waals surface area (Å²) in [7, 11) is 0. The van der Waals surface area contributed by atoms with Crippen LogP contribution < -0.4 is 15.4 Å². The molecule has 0 aliphatic carbocycles. The smallest absolute Gasteiger partial charge is 0.224 e. The van der Waals surface area contributed by atoms with E-state index >= 15 is 0 Å². The molecule has 1 aliphatic heterocycles. The SMILES string of the molecule is Cc1noc(C)c1COc1ccc(CC(=O)N[C@H]2CCCNC2)cc1.Cl. The fourth-order valence-electron chi connectivity index (χ4n) is 3.01. The van der Waals surface area contributed by atoms with Crippen molar-refractivity contribution in [3.8, 4) is 5.75 Å². The normalized spacial score (nSPS) is 16.6. The Morgan fingerprint density at radius 3 is 2.73 bits per heavy atom. The van der Waals surface area contributed by atoms with Crippen molar-refractivity contribution in [2.24, 2.45) is 0 Å². The Hall–Kier alpha value is -2.05. The summed E-state index contributed by atoms with van der Waals surface area (Å²) >= 11 is 0. The Labute approximate surface area is 160 Å². The highest BCUT2D eigenvalue weighted by atomic mass is 35.5. The minimum Gasteiger partial charge on any atom is -0.489 e. The number of rotatable bonds is 6. The molecule has 0 radical (unpaired) electrons. The lowest BCUT2D eigenvalue weighted by Gasteiger charge is -2.23. The highest BCUT2D eigenvalue weighted by Crippen LogP contribution is 2.18. The van der Waals surface area contributed by atoms with Crippen LogP contribution in [0.15, 0.2) is 28.8 Å². The van der Waals surface area contributed by atoms with Crippen LogP contribution >= 0.6 is 12.4 Å². The van der Waals surface area contributed by atoms with Crippen LogP contribution in [0, 0.1) is 13.8 Å². The molecule has 2 aromatic rings. The molecular weight excluding hydrogens is 354 g/mol. The van der Waals surface area contributed by atoms with Gasteiger partial charge in [-0.2, -0.15) is 0 Å². The van der Waals surface area contributed by atoms with E-state index in [4.69, 9.17) is 9.26 Å². The number of ether oxygens (including phenoxy) is 1. The van der Waals surface area contributed by atoms with Gasteiger partial charge in [0.15, 0.2) is 0 Å². The molecule has 0 unspecified atom stereocenters. The zero-order chi connectivity index (χ0) is 17.6. The van der Waals surface area contributed by atoms with Crippen LogP contribution in [0.5, 0.6) is 5.75 Å². The molecule has 0 spiro atoms. The van der Waals surface area contributed by atoms with Crippen LogP contribution in [-0.2, 0) is 17.8 Å². The van der Waals surface area contributed by atoms with Gasteiger partial charge in [-0.15, -0.1) is 12.4 Å². The van der Waals surface area contributed by atoms with E-state index in [9.17, 15) is 4.79 Å². The molecule has 2 N–H and O–H groups in total. The van der Waals surface area contributed by atoms with Gasteiger partial charge in [-0.25, -0.2) is 0 Å². The average Bonchev–Trinajstić information content (AvgIpc) is 2.93. The van der Waals surface area contributed by atoms with E-state index in [1.165, 1.54) is 0 Å². The summed E-state index contributed by atoms with van der Waals surface area (Å²) < 4.78 is 10.9. The zero-order valence-electron chi connectivity index (χ0n) is 15.2. The van der Waals surface area contributed by atoms with Crippen molar-refractivity contribution < 1.29 is 14.1 Å². The second-order valence-corrected chi connectivity index (χ2v) is 6.52. The van der Waals surface area contributed by atoms with Gasteiger partial charge in [-0.3, -0.25) is 4.79 Å². The molecular formula is C19H26ClN3O3. The molecule has 7 heteroatoms. The first-order valence-corrected chi connectivity index (χ1v) is 8.75. The van der Waals surface area contributed by atoms with E-state index in [1.807, 2.05) is 38.1 Å². The monoisotopic (exact) mass is 379 g/mol. The number of hydrogen-bond acceptors (Lipinski definition) is 5. The highest BCUT2D eigenvalue weighted by Gasteiger charge is 2.15. The van der Waals surface area contributed by atoms with Crippen LogP contribution in [0.4, 0.5) is 0 Å². The third-order valence-electron chi connectivity index (χ3n) is 4.51. The number of carbonyl (C=O) groups excluding carboxylic acids is 1. The van der Waals surface area contributed by atoms with Gasteiger partial charge in [0.25, 0.3) is 0 Å². The number of aryl methyl sites for hydroxylation is 2. The molecule has 0 bridgehead atoms. The van der Waals surface area contributed by atoms with Crippen LogP contribution in [0.3, 0.4) is 0 Å². The predicted molar refractivity (Wildman–Crippen MR) is 102 cm³/mol. The molecule has 26 heavy (non-hydrogen) atoms. The molecule has 1 atom stereocenters. The second kappa shape index (κ2) is 9.59. The van der Waals surface area contributed by atoms with Crippen molar-refractivity contribution in [3.63, 3.8) is 0 Å². The first-order valence-electron chi connectivity index (χ1n) is 8.75. The number of benzene rings is 1. The minimum absolute atomic E-state index is 0. The largest absolute Gasteiger partial charge is 0.489 e. The number of carbonyl (C=O) groups is 1. The molecule has 1 fully saturated rings. The van der Waals surface area contributed by atoms with Gasteiger partial charge >= 0.3 is 0 Å². The number of hydrogen-bond donors (Lipinski definition) is 2. The Kier molecular flexibility index (Phi) is 7.48. The maximum Gasteiger partial charge on any atom is 0.224 e. The number of piperidine rings is 1. The Bertz CT molecular complexity index is 690. The zero-order valence-corrected chi connectivity index (χ0v) is 16.0. The summed E-state index contributed by atoms with van der Waals surface area (Å²) in [5, 5.41) is 10.3. The van der Waals surface area contributed by atoms with Gasteiger partial charge in [-0.1, -0.05) is 17.3 Å². The lowest BCUT2D eigenvalue weighted by atomic mass is 10.1.